The Morgan fingerprint density at radius 2 is 2.09 bits per heavy atom. The molecule has 2 aromatic rings. The van der Waals surface area contributed by atoms with Crippen LogP contribution in [0.5, 0.6) is 0 Å². The molecule has 0 aromatic carbocycles. The predicted octanol–water partition coefficient (Wildman–Crippen LogP) is -0.409. The van der Waals surface area contributed by atoms with Gasteiger partial charge in [0.15, 0.2) is 5.65 Å². The molecule has 0 aliphatic carbocycles. The van der Waals surface area contributed by atoms with Gasteiger partial charge < -0.3 is 4.98 Å². The molecule has 0 amide bonds. The summed E-state index contributed by atoms with van der Waals surface area (Å²) in [5.41, 5.74) is 1.59. The Labute approximate surface area is 128 Å². The van der Waals surface area contributed by atoms with Crippen LogP contribution >= 0.6 is 0 Å². The number of rotatable bonds is 0. The molecule has 1 N–H and O–H groups in total. The first-order valence-corrected chi connectivity index (χ1v) is 2.56. The molecule has 0 spiro atoms. The van der Waals surface area contributed by atoms with Gasteiger partial charge in [0.25, 0.3) is 0 Å². The average Bonchev–Trinajstić information content (AvgIpc) is 2.33. The summed E-state index contributed by atoms with van der Waals surface area (Å²) in [5.74, 6) is 0. The molecule has 0 saturated carbocycles. The third-order valence-electron chi connectivity index (χ3n) is 1.10. The molecule has 0 bridgehead atoms. The second-order valence-corrected chi connectivity index (χ2v) is 1.66. The van der Waals surface area contributed by atoms with Gasteiger partial charge in [-0.25, -0.2) is 15.0 Å². The molecule has 4 nitrogen and oxygen atoms in total. The molecule has 0 atom stereocenters. The molecule has 0 unspecified atom stereocenters. The maximum Gasteiger partial charge on any atom is 0.180 e. The number of fused-ring (bicyclic) bond motifs is 1. The maximum atomic E-state index is 3.91. The number of hydrogen-bond donors (Lipinski definition) is 1. The number of imidazole rings is 1. The van der Waals surface area contributed by atoms with Gasteiger partial charge in [0, 0.05) is 80.9 Å². The summed E-state index contributed by atoms with van der Waals surface area (Å²) in [4.78, 5) is 14.5. The van der Waals surface area contributed by atoms with E-state index < -0.39 is 0 Å². The van der Waals surface area contributed by atoms with Crippen molar-refractivity contribution in [3.8, 4) is 0 Å². The number of aromatic nitrogens is 4. The summed E-state index contributed by atoms with van der Waals surface area (Å²) in [6.07, 6.45) is 4.76. The van der Waals surface area contributed by atoms with Crippen molar-refractivity contribution >= 4 is 92.1 Å². The van der Waals surface area contributed by atoms with E-state index in [1.165, 1.54) is 6.33 Å². The van der Waals surface area contributed by atoms with Gasteiger partial charge in [-0.05, 0) is 0 Å². The fourth-order valence-corrected chi connectivity index (χ4v) is 0.691. The Morgan fingerprint density at radius 3 is 2.82 bits per heavy atom. The molecule has 2 rings (SSSR count). The Kier molecular flexibility index (Phi) is 6.39. The summed E-state index contributed by atoms with van der Waals surface area (Å²) in [6, 6.07) is 0. The molecule has 0 aliphatic rings. The molecular weight excluding hydrogens is 178 g/mol. The van der Waals surface area contributed by atoms with Gasteiger partial charge in [-0.15, -0.1) is 0 Å². The maximum absolute atomic E-state index is 3.91. The standard InChI is InChI=1S/C5H4N4.K.Na/c1-4-5(8-2-6-1)9-3-7-4;;/h1-3H,(H,6,7,8,9);;. The zero-order chi connectivity index (χ0) is 6.10. The summed E-state index contributed by atoms with van der Waals surface area (Å²) in [6.45, 7) is 0. The molecule has 0 fully saturated rings. The second kappa shape index (κ2) is 5.77. The van der Waals surface area contributed by atoms with Crippen LogP contribution in [0.25, 0.3) is 11.2 Å². The Hall–Kier alpha value is 1.19. The number of H-pyrrole nitrogens is 1. The van der Waals surface area contributed by atoms with Crippen molar-refractivity contribution in [3.05, 3.63) is 18.9 Å². The summed E-state index contributed by atoms with van der Waals surface area (Å²) in [5, 5.41) is 0. The zero-order valence-electron chi connectivity index (χ0n) is 6.57. The van der Waals surface area contributed by atoms with Crippen LogP contribution in [0.3, 0.4) is 0 Å². The van der Waals surface area contributed by atoms with Crippen molar-refractivity contribution in [2.45, 2.75) is 0 Å². The third-order valence-corrected chi connectivity index (χ3v) is 1.10. The Balaban J connectivity index is 0.000000500. The summed E-state index contributed by atoms with van der Waals surface area (Å²) in [7, 11) is 0. The van der Waals surface area contributed by atoms with Crippen molar-refractivity contribution in [1.82, 2.24) is 19.9 Å². The molecule has 11 heavy (non-hydrogen) atoms. The van der Waals surface area contributed by atoms with Gasteiger partial charge in [-0.1, -0.05) is 0 Å². The number of aromatic amines is 1. The quantitative estimate of drug-likeness (QED) is 0.563. The first-order valence-electron chi connectivity index (χ1n) is 2.56. The van der Waals surface area contributed by atoms with Crippen LogP contribution in [0, 0.1) is 0 Å². The topological polar surface area (TPSA) is 54.5 Å². The first-order chi connectivity index (χ1) is 4.47. The summed E-state index contributed by atoms with van der Waals surface area (Å²) < 4.78 is 0. The number of hydrogen-bond acceptors (Lipinski definition) is 3. The molecule has 46 valence electrons. The minimum atomic E-state index is 0. The molecule has 2 heterocycles. The Bertz CT molecular complexity index is 292. The van der Waals surface area contributed by atoms with E-state index >= 15 is 0 Å². The van der Waals surface area contributed by atoms with Gasteiger partial charge in [-0.2, -0.15) is 0 Å². The van der Waals surface area contributed by atoms with E-state index in [-0.39, 0.29) is 80.9 Å². The van der Waals surface area contributed by atoms with Crippen LogP contribution in [0.2, 0.25) is 0 Å². The van der Waals surface area contributed by atoms with Gasteiger partial charge in [0.1, 0.15) is 11.8 Å². The fourth-order valence-electron chi connectivity index (χ4n) is 0.691. The van der Waals surface area contributed by atoms with Crippen molar-refractivity contribution in [2.75, 3.05) is 0 Å². The zero-order valence-corrected chi connectivity index (χ0v) is 11.7. The molecule has 2 radical (unpaired) electrons. The van der Waals surface area contributed by atoms with Gasteiger partial charge in [0.2, 0.25) is 0 Å². The second-order valence-electron chi connectivity index (χ2n) is 1.66. The van der Waals surface area contributed by atoms with E-state index in [9.17, 15) is 0 Å². The van der Waals surface area contributed by atoms with Gasteiger partial charge in [0.05, 0.1) is 12.5 Å². The van der Waals surface area contributed by atoms with Gasteiger partial charge in [-0.3, -0.25) is 0 Å². The van der Waals surface area contributed by atoms with E-state index in [0.29, 0.717) is 5.65 Å². The van der Waals surface area contributed by atoms with E-state index in [4.69, 9.17) is 0 Å². The van der Waals surface area contributed by atoms with Crippen molar-refractivity contribution in [1.29, 1.82) is 0 Å². The minimum absolute atomic E-state index is 0. The van der Waals surface area contributed by atoms with E-state index in [0.717, 1.165) is 5.52 Å². The van der Waals surface area contributed by atoms with Crippen LogP contribution in [0.4, 0.5) is 0 Å². The monoisotopic (exact) mass is 182 g/mol. The molecular formula is C5H4KN4Na. The summed E-state index contributed by atoms with van der Waals surface area (Å²) >= 11 is 0. The third kappa shape index (κ3) is 2.85. The van der Waals surface area contributed by atoms with Crippen molar-refractivity contribution < 1.29 is 0 Å². The van der Waals surface area contributed by atoms with Crippen LogP contribution in [0.1, 0.15) is 0 Å². The minimum Gasteiger partial charge on any atom is -0.342 e. The molecule has 0 aliphatic heterocycles. The Morgan fingerprint density at radius 1 is 1.27 bits per heavy atom. The van der Waals surface area contributed by atoms with Crippen molar-refractivity contribution in [2.24, 2.45) is 0 Å². The molecule has 2 aromatic heterocycles. The van der Waals surface area contributed by atoms with Crippen molar-refractivity contribution in [3.63, 3.8) is 0 Å². The molecule has 0 saturated heterocycles. The van der Waals surface area contributed by atoms with E-state index in [2.05, 4.69) is 19.9 Å². The predicted molar refractivity (Wildman–Crippen MR) is 43.2 cm³/mol. The van der Waals surface area contributed by atoms with E-state index in [1.807, 2.05) is 0 Å². The van der Waals surface area contributed by atoms with Crippen LogP contribution in [0.15, 0.2) is 18.9 Å². The first kappa shape index (κ1) is 12.2. The average molecular weight is 182 g/mol. The van der Waals surface area contributed by atoms with Crippen LogP contribution in [-0.2, 0) is 0 Å². The fraction of sp³-hybridized carbons (Fsp3) is 0. The molecule has 6 heteroatoms. The SMILES string of the molecule is [K].[Na].c1ncc2[nH]cnc2n1. The van der Waals surface area contributed by atoms with Gasteiger partial charge >= 0.3 is 0 Å². The van der Waals surface area contributed by atoms with Crippen LogP contribution < -0.4 is 0 Å². The largest absolute Gasteiger partial charge is 0.342 e. The normalized spacial score (nSPS) is 8.36. The number of nitrogens with one attached hydrogen (secondary N) is 1. The number of nitrogens with zero attached hydrogens (tertiary/aromatic N) is 3. The van der Waals surface area contributed by atoms with E-state index in [1.54, 1.807) is 12.5 Å². The smallest absolute Gasteiger partial charge is 0.180 e. The van der Waals surface area contributed by atoms with Crippen LogP contribution in [-0.4, -0.2) is 101 Å².